The maximum absolute atomic E-state index is 5.78. The van der Waals surface area contributed by atoms with E-state index in [0.29, 0.717) is 12.1 Å². The minimum atomic E-state index is 0.328. The molecule has 1 saturated heterocycles. The monoisotopic (exact) mass is 230 g/mol. The number of hydrazine groups is 1. The van der Waals surface area contributed by atoms with Crippen LogP contribution >= 0.6 is 11.8 Å². The number of nitrogens with two attached hydrogens (primary N) is 1. The molecule has 1 aliphatic heterocycles. The van der Waals surface area contributed by atoms with Crippen molar-refractivity contribution in [3.63, 3.8) is 0 Å². The highest BCUT2D eigenvalue weighted by atomic mass is 32.2. The molecule has 0 aromatic heterocycles. The Balaban J connectivity index is 1.79. The zero-order valence-electron chi connectivity index (χ0n) is 9.28. The minimum absolute atomic E-state index is 0.328. The average molecular weight is 230 g/mol. The summed E-state index contributed by atoms with van der Waals surface area (Å²) in [5, 5.41) is 0. The summed E-state index contributed by atoms with van der Waals surface area (Å²) < 4.78 is 5.78. The van der Waals surface area contributed by atoms with Crippen LogP contribution in [0.4, 0.5) is 0 Å². The number of hydrogen-bond acceptors (Lipinski definition) is 4. The van der Waals surface area contributed by atoms with Crippen molar-refractivity contribution in [2.75, 3.05) is 18.1 Å². The molecule has 2 rings (SSSR count). The fourth-order valence-corrected chi connectivity index (χ4v) is 3.61. The molecule has 0 bridgehead atoms. The number of hydrogen-bond donors (Lipinski definition) is 2. The Morgan fingerprint density at radius 2 is 2.20 bits per heavy atom. The maximum Gasteiger partial charge on any atom is 0.0832 e. The molecule has 4 heteroatoms. The molecule has 2 aliphatic rings. The highest BCUT2D eigenvalue weighted by Crippen LogP contribution is 2.30. The van der Waals surface area contributed by atoms with E-state index < -0.39 is 0 Å². The lowest BCUT2D eigenvalue weighted by molar-refractivity contribution is 0.0403. The molecule has 2 unspecified atom stereocenters. The van der Waals surface area contributed by atoms with Gasteiger partial charge in [-0.3, -0.25) is 11.3 Å². The summed E-state index contributed by atoms with van der Waals surface area (Å²) in [7, 11) is 0. The molecule has 2 atom stereocenters. The highest BCUT2D eigenvalue weighted by Gasteiger charge is 2.27. The standard InChI is InChI=1S/C11H22N2OS/c12-13-10(7-9-3-1-2-4-9)11-8-15-6-5-14-11/h9-11,13H,1-8,12H2. The van der Waals surface area contributed by atoms with Gasteiger partial charge < -0.3 is 4.74 Å². The quantitative estimate of drug-likeness (QED) is 0.568. The fourth-order valence-electron chi connectivity index (χ4n) is 2.67. The van der Waals surface area contributed by atoms with Gasteiger partial charge in [0.1, 0.15) is 0 Å². The third kappa shape index (κ3) is 3.34. The van der Waals surface area contributed by atoms with Crippen molar-refractivity contribution in [2.24, 2.45) is 11.8 Å². The van der Waals surface area contributed by atoms with Gasteiger partial charge in [-0.15, -0.1) is 0 Å². The Bertz CT molecular complexity index is 179. The van der Waals surface area contributed by atoms with Crippen LogP contribution in [0.2, 0.25) is 0 Å². The van der Waals surface area contributed by atoms with Crippen LogP contribution in [0.25, 0.3) is 0 Å². The van der Waals surface area contributed by atoms with Crippen molar-refractivity contribution < 1.29 is 4.74 Å². The van der Waals surface area contributed by atoms with Gasteiger partial charge in [0.25, 0.3) is 0 Å². The van der Waals surface area contributed by atoms with Gasteiger partial charge in [-0.1, -0.05) is 25.7 Å². The second-order valence-electron chi connectivity index (χ2n) is 4.64. The molecular formula is C11H22N2OS. The van der Waals surface area contributed by atoms with Gasteiger partial charge in [0.15, 0.2) is 0 Å². The fraction of sp³-hybridized carbons (Fsp3) is 1.00. The van der Waals surface area contributed by atoms with E-state index >= 15 is 0 Å². The van der Waals surface area contributed by atoms with Gasteiger partial charge in [0.05, 0.1) is 12.7 Å². The van der Waals surface area contributed by atoms with Gasteiger partial charge in [-0.25, -0.2) is 0 Å². The Kier molecular flexibility index (Phi) is 4.75. The lowest BCUT2D eigenvalue weighted by atomic mass is 9.96. The smallest absolute Gasteiger partial charge is 0.0832 e. The van der Waals surface area contributed by atoms with E-state index in [4.69, 9.17) is 10.6 Å². The average Bonchev–Trinajstić information content (AvgIpc) is 2.80. The zero-order chi connectivity index (χ0) is 10.5. The molecule has 2 fully saturated rings. The van der Waals surface area contributed by atoms with Gasteiger partial charge in [-0.2, -0.15) is 11.8 Å². The van der Waals surface area contributed by atoms with Crippen molar-refractivity contribution in [3.05, 3.63) is 0 Å². The summed E-state index contributed by atoms with van der Waals surface area (Å²) in [6.07, 6.45) is 7.11. The summed E-state index contributed by atoms with van der Waals surface area (Å²) in [6.45, 7) is 0.887. The summed E-state index contributed by atoms with van der Waals surface area (Å²) in [4.78, 5) is 0. The molecule has 88 valence electrons. The van der Waals surface area contributed by atoms with E-state index in [9.17, 15) is 0 Å². The lowest BCUT2D eigenvalue weighted by Crippen LogP contribution is -2.48. The van der Waals surface area contributed by atoms with Gasteiger partial charge in [0.2, 0.25) is 0 Å². The zero-order valence-corrected chi connectivity index (χ0v) is 10.1. The van der Waals surface area contributed by atoms with Crippen LogP contribution in [0, 0.1) is 5.92 Å². The highest BCUT2D eigenvalue weighted by molar-refractivity contribution is 7.99. The Morgan fingerprint density at radius 3 is 2.80 bits per heavy atom. The number of nitrogens with one attached hydrogen (secondary N) is 1. The van der Waals surface area contributed by atoms with Crippen molar-refractivity contribution in [1.82, 2.24) is 5.43 Å². The Labute approximate surface area is 96.5 Å². The molecule has 0 aromatic carbocycles. The SMILES string of the molecule is NNC(CC1CCCC1)C1CSCCO1. The van der Waals surface area contributed by atoms with Gasteiger partial charge >= 0.3 is 0 Å². The summed E-state index contributed by atoms with van der Waals surface area (Å²) in [5.41, 5.74) is 2.96. The van der Waals surface area contributed by atoms with E-state index in [1.807, 2.05) is 11.8 Å². The van der Waals surface area contributed by atoms with Gasteiger partial charge in [0, 0.05) is 17.5 Å². The second-order valence-corrected chi connectivity index (χ2v) is 5.79. The van der Waals surface area contributed by atoms with Crippen LogP contribution in [0.3, 0.4) is 0 Å². The number of ether oxygens (including phenoxy) is 1. The summed E-state index contributed by atoms with van der Waals surface area (Å²) in [5.74, 6) is 8.75. The Hall–Kier alpha value is 0.230. The van der Waals surface area contributed by atoms with Crippen LogP contribution in [-0.4, -0.2) is 30.3 Å². The number of thioether (sulfide) groups is 1. The predicted molar refractivity (Wildman–Crippen MR) is 64.8 cm³/mol. The third-order valence-corrected chi connectivity index (χ3v) is 4.59. The van der Waals surface area contributed by atoms with Crippen molar-refractivity contribution in [2.45, 2.75) is 44.2 Å². The van der Waals surface area contributed by atoms with Crippen molar-refractivity contribution in [1.29, 1.82) is 0 Å². The van der Waals surface area contributed by atoms with Crippen LogP contribution in [-0.2, 0) is 4.74 Å². The molecule has 3 nitrogen and oxygen atoms in total. The van der Waals surface area contributed by atoms with Crippen LogP contribution in [0.5, 0.6) is 0 Å². The van der Waals surface area contributed by atoms with E-state index in [2.05, 4.69) is 5.43 Å². The summed E-state index contributed by atoms with van der Waals surface area (Å²) >= 11 is 1.98. The predicted octanol–water partition coefficient (Wildman–Crippen LogP) is 1.53. The lowest BCUT2D eigenvalue weighted by Gasteiger charge is -2.31. The second kappa shape index (κ2) is 6.09. The molecule has 0 radical (unpaired) electrons. The van der Waals surface area contributed by atoms with Crippen LogP contribution in [0.15, 0.2) is 0 Å². The number of rotatable bonds is 4. The molecule has 15 heavy (non-hydrogen) atoms. The van der Waals surface area contributed by atoms with E-state index in [0.717, 1.165) is 24.0 Å². The molecule has 1 heterocycles. The normalized spacial score (nSPS) is 30.6. The first-order valence-electron chi connectivity index (χ1n) is 6.05. The Morgan fingerprint density at radius 1 is 1.40 bits per heavy atom. The van der Waals surface area contributed by atoms with Crippen molar-refractivity contribution in [3.8, 4) is 0 Å². The maximum atomic E-state index is 5.78. The first-order valence-corrected chi connectivity index (χ1v) is 7.21. The van der Waals surface area contributed by atoms with Crippen molar-refractivity contribution >= 4 is 11.8 Å². The molecule has 0 amide bonds. The molecule has 1 aliphatic carbocycles. The molecule has 1 saturated carbocycles. The third-order valence-electron chi connectivity index (χ3n) is 3.57. The summed E-state index contributed by atoms with van der Waals surface area (Å²) in [6, 6.07) is 0.362. The van der Waals surface area contributed by atoms with Gasteiger partial charge in [-0.05, 0) is 12.3 Å². The van der Waals surface area contributed by atoms with E-state index in [1.165, 1.54) is 32.1 Å². The molecule has 0 spiro atoms. The molecule has 3 N–H and O–H groups in total. The first kappa shape index (κ1) is 11.7. The van der Waals surface area contributed by atoms with E-state index in [1.54, 1.807) is 0 Å². The molecular weight excluding hydrogens is 208 g/mol. The molecule has 0 aromatic rings. The minimum Gasteiger partial charge on any atom is -0.375 e. The first-order chi connectivity index (χ1) is 7.40. The largest absolute Gasteiger partial charge is 0.375 e. The van der Waals surface area contributed by atoms with E-state index in [-0.39, 0.29) is 0 Å². The van der Waals surface area contributed by atoms with Crippen LogP contribution < -0.4 is 11.3 Å². The topological polar surface area (TPSA) is 47.3 Å². The van der Waals surface area contributed by atoms with Crippen LogP contribution in [0.1, 0.15) is 32.1 Å².